The highest BCUT2D eigenvalue weighted by Crippen LogP contribution is 2.38. The third kappa shape index (κ3) is 3.79. The van der Waals surface area contributed by atoms with Crippen LogP contribution in [-0.2, 0) is 16.1 Å². The number of nitrogens with zero attached hydrogens (tertiary/aromatic N) is 3. The lowest BCUT2D eigenvalue weighted by Crippen LogP contribution is -2.32. The van der Waals surface area contributed by atoms with Crippen molar-refractivity contribution in [2.24, 2.45) is 5.92 Å². The molecule has 2 fully saturated rings. The SMILES string of the molecule is CCOc1ccccc1N1CC(C(=O)NCc2nc(C3CC3)no2)CC1=O. The minimum absolute atomic E-state index is 0.0869. The number of hydrogen-bond acceptors (Lipinski definition) is 6. The summed E-state index contributed by atoms with van der Waals surface area (Å²) in [4.78, 5) is 30.9. The van der Waals surface area contributed by atoms with Gasteiger partial charge in [-0.1, -0.05) is 17.3 Å². The van der Waals surface area contributed by atoms with Crippen LogP contribution in [0.2, 0.25) is 0 Å². The Morgan fingerprint density at radius 2 is 2.19 bits per heavy atom. The normalized spacial score (nSPS) is 19.4. The van der Waals surface area contributed by atoms with Crippen molar-refractivity contribution in [1.82, 2.24) is 15.5 Å². The van der Waals surface area contributed by atoms with Gasteiger partial charge in [0, 0.05) is 18.9 Å². The first-order chi connectivity index (χ1) is 13.2. The highest BCUT2D eigenvalue weighted by Gasteiger charge is 2.36. The Balaban J connectivity index is 1.37. The molecule has 4 rings (SSSR count). The van der Waals surface area contributed by atoms with Crippen LogP contribution in [0.3, 0.4) is 0 Å². The molecule has 2 heterocycles. The molecule has 27 heavy (non-hydrogen) atoms. The van der Waals surface area contributed by atoms with Gasteiger partial charge in [0.2, 0.25) is 17.7 Å². The molecule has 1 saturated carbocycles. The molecule has 1 aliphatic carbocycles. The summed E-state index contributed by atoms with van der Waals surface area (Å²) in [5, 5.41) is 6.73. The molecular weight excluding hydrogens is 348 g/mol. The van der Waals surface area contributed by atoms with E-state index in [1.807, 2.05) is 31.2 Å². The predicted molar refractivity (Wildman–Crippen MR) is 96.2 cm³/mol. The van der Waals surface area contributed by atoms with E-state index >= 15 is 0 Å². The van der Waals surface area contributed by atoms with E-state index in [4.69, 9.17) is 9.26 Å². The lowest BCUT2D eigenvalue weighted by atomic mass is 10.1. The number of para-hydroxylation sites is 2. The maximum atomic E-state index is 12.5. The molecule has 2 aliphatic rings. The van der Waals surface area contributed by atoms with Crippen LogP contribution in [0, 0.1) is 5.92 Å². The van der Waals surface area contributed by atoms with E-state index in [1.54, 1.807) is 4.90 Å². The number of carbonyl (C=O) groups excluding carboxylic acids is 2. The largest absolute Gasteiger partial charge is 0.492 e. The standard InChI is InChI=1S/C19H22N4O4/c1-2-26-15-6-4-3-5-14(15)23-11-13(9-17(23)24)19(25)20-10-16-21-18(22-27-16)12-7-8-12/h3-6,12-13H,2,7-11H2,1H3,(H,20,25). The Morgan fingerprint density at radius 1 is 1.37 bits per heavy atom. The molecule has 1 aliphatic heterocycles. The number of aromatic nitrogens is 2. The molecule has 1 saturated heterocycles. The number of anilines is 1. The van der Waals surface area contributed by atoms with Crippen molar-refractivity contribution in [2.45, 2.75) is 38.6 Å². The van der Waals surface area contributed by atoms with Gasteiger partial charge in [-0.2, -0.15) is 4.98 Å². The van der Waals surface area contributed by atoms with Crippen LogP contribution < -0.4 is 15.0 Å². The van der Waals surface area contributed by atoms with Crippen LogP contribution in [0.25, 0.3) is 0 Å². The van der Waals surface area contributed by atoms with Crippen LogP contribution >= 0.6 is 0 Å². The molecule has 0 bridgehead atoms. The number of benzene rings is 1. The van der Waals surface area contributed by atoms with Gasteiger partial charge in [-0.15, -0.1) is 0 Å². The zero-order valence-corrected chi connectivity index (χ0v) is 15.2. The summed E-state index contributed by atoms with van der Waals surface area (Å²) in [6, 6.07) is 7.37. The van der Waals surface area contributed by atoms with Crippen molar-refractivity contribution in [3.8, 4) is 5.75 Å². The second kappa shape index (κ2) is 7.38. The van der Waals surface area contributed by atoms with E-state index in [1.165, 1.54) is 0 Å². The van der Waals surface area contributed by atoms with Crippen molar-refractivity contribution < 1.29 is 18.8 Å². The molecule has 0 radical (unpaired) electrons. The first kappa shape index (κ1) is 17.5. The number of amides is 2. The summed E-state index contributed by atoms with van der Waals surface area (Å²) in [5.74, 6) is 1.47. The van der Waals surface area contributed by atoms with Gasteiger partial charge in [0.1, 0.15) is 5.75 Å². The summed E-state index contributed by atoms with van der Waals surface area (Å²) in [5.41, 5.74) is 0.700. The van der Waals surface area contributed by atoms with E-state index in [-0.39, 0.29) is 24.8 Å². The summed E-state index contributed by atoms with van der Waals surface area (Å²) in [6.45, 7) is 2.91. The molecule has 1 atom stereocenters. The van der Waals surface area contributed by atoms with E-state index in [0.29, 0.717) is 42.2 Å². The van der Waals surface area contributed by atoms with Gasteiger partial charge < -0.3 is 19.5 Å². The van der Waals surface area contributed by atoms with Crippen molar-refractivity contribution in [1.29, 1.82) is 0 Å². The fourth-order valence-electron chi connectivity index (χ4n) is 3.23. The van der Waals surface area contributed by atoms with Crippen LogP contribution in [0.1, 0.15) is 43.8 Å². The van der Waals surface area contributed by atoms with Crippen LogP contribution in [0.4, 0.5) is 5.69 Å². The van der Waals surface area contributed by atoms with Crippen molar-refractivity contribution in [2.75, 3.05) is 18.1 Å². The summed E-state index contributed by atoms with van der Waals surface area (Å²) < 4.78 is 10.8. The molecule has 2 amide bonds. The van der Waals surface area contributed by atoms with Crippen molar-refractivity contribution >= 4 is 17.5 Å². The van der Waals surface area contributed by atoms with E-state index in [0.717, 1.165) is 12.8 Å². The van der Waals surface area contributed by atoms with Gasteiger partial charge in [0.15, 0.2) is 5.82 Å². The van der Waals surface area contributed by atoms with Gasteiger partial charge >= 0.3 is 0 Å². The van der Waals surface area contributed by atoms with E-state index < -0.39 is 5.92 Å². The van der Waals surface area contributed by atoms with Gasteiger partial charge in [0.05, 0.1) is 24.8 Å². The van der Waals surface area contributed by atoms with Gasteiger partial charge in [-0.25, -0.2) is 0 Å². The molecule has 142 valence electrons. The molecule has 1 aromatic heterocycles. The summed E-state index contributed by atoms with van der Waals surface area (Å²) in [6.07, 6.45) is 2.35. The minimum atomic E-state index is -0.419. The molecule has 1 unspecified atom stereocenters. The fourth-order valence-corrected chi connectivity index (χ4v) is 3.23. The third-order valence-corrected chi connectivity index (χ3v) is 4.79. The fraction of sp³-hybridized carbons (Fsp3) is 0.474. The Morgan fingerprint density at radius 3 is 2.96 bits per heavy atom. The molecule has 8 nitrogen and oxygen atoms in total. The number of carbonyl (C=O) groups is 2. The van der Waals surface area contributed by atoms with E-state index in [9.17, 15) is 9.59 Å². The molecule has 0 spiro atoms. The van der Waals surface area contributed by atoms with Gasteiger partial charge in [-0.3, -0.25) is 9.59 Å². The van der Waals surface area contributed by atoms with Crippen molar-refractivity contribution in [3.63, 3.8) is 0 Å². The van der Waals surface area contributed by atoms with Crippen LogP contribution in [0.5, 0.6) is 5.75 Å². The summed E-state index contributed by atoms with van der Waals surface area (Å²) >= 11 is 0. The quantitative estimate of drug-likeness (QED) is 0.801. The Bertz CT molecular complexity index is 846. The average molecular weight is 370 g/mol. The number of nitrogens with one attached hydrogen (secondary N) is 1. The van der Waals surface area contributed by atoms with Crippen LogP contribution in [0.15, 0.2) is 28.8 Å². The molecule has 2 aromatic rings. The predicted octanol–water partition coefficient (Wildman–Crippen LogP) is 2.01. The molecule has 8 heteroatoms. The summed E-state index contributed by atoms with van der Waals surface area (Å²) in [7, 11) is 0. The van der Waals surface area contributed by atoms with Gasteiger partial charge in [-0.05, 0) is 31.9 Å². The lowest BCUT2D eigenvalue weighted by molar-refractivity contribution is -0.126. The molecule has 1 N–H and O–H groups in total. The number of rotatable bonds is 7. The first-order valence-electron chi connectivity index (χ1n) is 9.28. The zero-order chi connectivity index (χ0) is 18.8. The average Bonchev–Trinajstić information content (AvgIpc) is 3.29. The molecular formula is C19H22N4O4. The second-order valence-corrected chi connectivity index (χ2v) is 6.84. The Hall–Kier alpha value is -2.90. The molecule has 1 aromatic carbocycles. The highest BCUT2D eigenvalue weighted by atomic mass is 16.5. The minimum Gasteiger partial charge on any atom is -0.492 e. The monoisotopic (exact) mass is 370 g/mol. The maximum Gasteiger partial charge on any atom is 0.246 e. The second-order valence-electron chi connectivity index (χ2n) is 6.84. The lowest BCUT2D eigenvalue weighted by Gasteiger charge is -2.20. The number of hydrogen-bond donors (Lipinski definition) is 1. The highest BCUT2D eigenvalue weighted by molar-refractivity contribution is 6.01. The zero-order valence-electron chi connectivity index (χ0n) is 15.2. The third-order valence-electron chi connectivity index (χ3n) is 4.79. The van der Waals surface area contributed by atoms with Crippen molar-refractivity contribution in [3.05, 3.63) is 36.0 Å². The smallest absolute Gasteiger partial charge is 0.246 e. The number of ether oxygens (including phenoxy) is 1. The van der Waals surface area contributed by atoms with Gasteiger partial charge in [0.25, 0.3) is 0 Å². The van der Waals surface area contributed by atoms with E-state index in [2.05, 4.69) is 15.5 Å². The topological polar surface area (TPSA) is 97.6 Å². The maximum absolute atomic E-state index is 12.5. The Kier molecular flexibility index (Phi) is 4.79. The van der Waals surface area contributed by atoms with Crippen LogP contribution in [-0.4, -0.2) is 35.1 Å². The Labute approximate surface area is 156 Å². The first-order valence-corrected chi connectivity index (χ1v) is 9.28.